The van der Waals surface area contributed by atoms with Crippen LogP contribution in [0.5, 0.6) is 11.5 Å². The van der Waals surface area contributed by atoms with Gasteiger partial charge in [0, 0.05) is 5.69 Å². The summed E-state index contributed by atoms with van der Waals surface area (Å²) in [5.41, 5.74) is 7.59. The predicted octanol–water partition coefficient (Wildman–Crippen LogP) is 5.01. The van der Waals surface area contributed by atoms with Crippen molar-refractivity contribution in [3.8, 4) is 11.5 Å². The van der Waals surface area contributed by atoms with Gasteiger partial charge < -0.3 is 10.5 Å². The van der Waals surface area contributed by atoms with Crippen molar-refractivity contribution in [2.24, 2.45) is 0 Å². The Morgan fingerprint density at radius 1 is 1.05 bits per heavy atom. The first-order chi connectivity index (χ1) is 8.86. The smallest absolute Gasteiger partial charge is 0.146 e. The van der Waals surface area contributed by atoms with E-state index in [0.717, 1.165) is 5.75 Å². The topological polar surface area (TPSA) is 35.2 Å². The monoisotopic (exact) mass is 275 g/mol. The van der Waals surface area contributed by atoms with E-state index in [1.54, 1.807) is 18.2 Å². The average molecular weight is 276 g/mol. The van der Waals surface area contributed by atoms with E-state index in [0.29, 0.717) is 16.5 Å². The Morgan fingerprint density at radius 3 is 2.42 bits per heavy atom. The Balaban J connectivity index is 2.29. The molecule has 0 spiro atoms. The highest BCUT2D eigenvalue weighted by Crippen LogP contribution is 2.32. The van der Waals surface area contributed by atoms with Crippen LogP contribution in [-0.2, 0) is 5.41 Å². The fourth-order valence-electron chi connectivity index (χ4n) is 1.75. The molecule has 0 bridgehead atoms. The van der Waals surface area contributed by atoms with Crippen LogP contribution in [0.15, 0.2) is 42.5 Å². The molecule has 0 radical (unpaired) electrons. The van der Waals surface area contributed by atoms with E-state index in [1.807, 2.05) is 18.2 Å². The van der Waals surface area contributed by atoms with Gasteiger partial charge in [0.05, 0.1) is 5.02 Å². The molecule has 0 heterocycles. The minimum atomic E-state index is 0.0876. The molecule has 0 amide bonds. The van der Waals surface area contributed by atoms with Crippen molar-refractivity contribution in [2.75, 3.05) is 5.73 Å². The molecule has 3 heteroatoms. The summed E-state index contributed by atoms with van der Waals surface area (Å²) in [6, 6.07) is 13.3. The number of benzene rings is 2. The van der Waals surface area contributed by atoms with Gasteiger partial charge in [0.15, 0.2) is 0 Å². The van der Waals surface area contributed by atoms with Crippen LogP contribution in [0.25, 0.3) is 0 Å². The second-order valence-corrected chi connectivity index (χ2v) is 5.98. The third-order valence-electron chi connectivity index (χ3n) is 2.88. The van der Waals surface area contributed by atoms with Crippen molar-refractivity contribution < 1.29 is 4.74 Å². The molecule has 0 aliphatic rings. The summed E-state index contributed by atoms with van der Waals surface area (Å²) in [6.07, 6.45) is 0. The largest absolute Gasteiger partial charge is 0.456 e. The molecule has 2 aromatic carbocycles. The lowest BCUT2D eigenvalue weighted by Crippen LogP contribution is -2.10. The summed E-state index contributed by atoms with van der Waals surface area (Å²) in [5.74, 6) is 1.39. The molecular formula is C16H18ClNO. The molecule has 19 heavy (non-hydrogen) atoms. The molecule has 0 saturated heterocycles. The summed E-state index contributed by atoms with van der Waals surface area (Å²) >= 11 is 6.10. The third-order valence-corrected chi connectivity index (χ3v) is 3.18. The van der Waals surface area contributed by atoms with Crippen molar-refractivity contribution in [1.82, 2.24) is 0 Å². The minimum absolute atomic E-state index is 0.0876. The molecule has 0 unspecified atom stereocenters. The molecule has 100 valence electrons. The summed E-state index contributed by atoms with van der Waals surface area (Å²) in [5, 5.41) is 0.515. The van der Waals surface area contributed by atoms with Gasteiger partial charge in [-0.2, -0.15) is 0 Å². The van der Waals surface area contributed by atoms with Crippen LogP contribution in [0.1, 0.15) is 26.3 Å². The van der Waals surface area contributed by atoms with E-state index in [2.05, 4.69) is 26.8 Å². The fourth-order valence-corrected chi connectivity index (χ4v) is 1.98. The van der Waals surface area contributed by atoms with E-state index in [9.17, 15) is 0 Å². The molecule has 0 aromatic heterocycles. The Labute approximate surface area is 119 Å². The Bertz CT molecular complexity index is 588. The van der Waals surface area contributed by atoms with Crippen LogP contribution in [0.3, 0.4) is 0 Å². The maximum Gasteiger partial charge on any atom is 0.146 e. The molecule has 0 atom stereocenters. The van der Waals surface area contributed by atoms with Crippen LogP contribution in [0.4, 0.5) is 5.69 Å². The highest BCUT2D eigenvalue weighted by atomic mass is 35.5. The van der Waals surface area contributed by atoms with Crippen LogP contribution >= 0.6 is 11.6 Å². The fraction of sp³-hybridized carbons (Fsp3) is 0.250. The molecule has 2 rings (SSSR count). The first-order valence-electron chi connectivity index (χ1n) is 6.20. The number of ether oxygens (including phenoxy) is 1. The van der Waals surface area contributed by atoms with Crippen LogP contribution in [-0.4, -0.2) is 0 Å². The van der Waals surface area contributed by atoms with Gasteiger partial charge in [0.25, 0.3) is 0 Å². The van der Waals surface area contributed by atoms with Gasteiger partial charge in [0.1, 0.15) is 11.5 Å². The van der Waals surface area contributed by atoms with Gasteiger partial charge in [-0.3, -0.25) is 0 Å². The highest BCUT2D eigenvalue weighted by Gasteiger charge is 2.14. The lowest BCUT2D eigenvalue weighted by molar-refractivity contribution is 0.479. The molecule has 0 saturated carbocycles. The van der Waals surface area contributed by atoms with E-state index < -0.39 is 0 Å². The van der Waals surface area contributed by atoms with E-state index in [-0.39, 0.29) is 5.41 Å². The number of hydrogen-bond acceptors (Lipinski definition) is 2. The quantitative estimate of drug-likeness (QED) is 0.782. The Morgan fingerprint density at radius 2 is 1.79 bits per heavy atom. The molecule has 0 aliphatic carbocycles. The molecular weight excluding hydrogens is 258 g/mol. The predicted molar refractivity (Wildman–Crippen MR) is 81.1 cm³/mol. The van der Waals surface area contributed by atoms with Crippen molar-refractivity contribution >= 4 is 17.3 Å². The molecule has 2 nitrogen and oxygen atoms in total. The first kappa shape index (κ1) is 13.8. The number of rotatable bonds is 2. The van der Waals surface area contributed by atoms with Crippen molar-refractivity contribution in [1.29, 1.82) is 0 Å². The number of nitrogens with two attached hydrogens (primary N) is 1. The maximum atomic E-state index is 6.10. The van der Waals surface area contributed by atoms with E-state index in [4.69, 9.17) is 22.1 Å². The van der Waals surface area contributed by atoms with Gasteiger partial charge in [-0.15, -0.1) is 0 Å². The van der Waals surface area contributed by atoms with Crippen molar-refractivity contribution in [2.45, 2.75) is 26.2 Å². The molecule has 0 fully saturated rings. The standard InChI is InChI=1S/C16H18ClNO/c1-16(2,3)11-5-4-6-13(9-11)19-15-8-7-12(18)10-14(15)17/h4-10H,18H2,1-3H3. The Hall–Kier alpha value is -1.67. The lowest BCUT2D eigenvalue weighted by atomic mass is 9.87. The van der Waals surface area contributed by atoms with E-state index >= 15 is 0 Å². The van der Waals surface area contributed by atoms with Crippen LogP contribution < -0.4 is 10.5 Å². The van der Waals surface area contributed by atoms with Crippen molar-refractivity contribution in [3.63, 3.8) is 0 Å². The van der Waals surface area contributed by atoms with E-state index in [1.165, 1.54) is 5.56 Å². The zero-order chi connectivity index (χ0) is 14.0. The number of hydrogen-bond donors (Lipinski definition) is 1. The zero-order valence-electron chi connectivity index (χ0n) is 11.4. The number of anilines is 1. The summed E-state index contributed by atoms with van der Waals surface area (Å²) in [7, 11) is 0. The number of halogens is 1. The van der Waals surface area contributed by atoms with Gasteiger partial charge in [-0.05, 0) is 41.3 Å². The van der Waals surface area contributed by atoms with Gasteiger partial charge in [-0.25, -0.2) is 0 Å². The Kier molecular flexibility index (Phi) is 3.72. The average Bonchev–Trinajstić information content (AvgIpc) is 2.32. The van der Waals surface area contributed by atoms with Gasteiger partial charge in [-0.1, -0.05) is 44.5 Å². The SMILES string of the molecule is CC(C)(C)c1cccc(Oc2ccc(N)cc2Cl)c1. The summed E-state index contributed by atoms with van der Waals surface area (Å²) in [4.78, 5) is 0. The normalized spacial score (nSPS) is 11.4. The minimum Gasteiger partial charge on any atom is -0.456 e. The lowest BCUT2D eigenvalue weighted by Gasteiger charge is -2.19. The number of nitrogen functional groups attached to an aromatic ring is 1. The second kappa shape index (κ2) is 5.14. The molecule has 2 aromatic rings. The first-order valence-corrected chi connectivity index (χ1v) is 6.57. The van der Waals surface area contributed by atoms with Gasteiger partial charge in [0.2, 0.25) is 0 Å². The molecule has 0 aliphatic heterocycles. The van der Waals surface area contributed by atoms with Crippen molar-refractivity contribution in [3.05, 3.63) is 53.1 Å². The van der Waals surface area contributed by atoms with Crippen LogP contribution in [0.2, 0.25) is 5.02 Å². The van der Waals surface area contributed by atoms with Crippen LogP contribution in [0, 0.1) is 0 Å². The van der Waals surface area contributed by atoms with Gasteiger partial charge >= 0.3 is 0 Å². The molecule has 2 N–H and O–H groups in total. The zero-order valence-corrected chi connectivity index (χ0v) is 12.2. The second-order valence-electron chi connectivity index (χ2n) is 5.57. The highest BCUT2D eigenvalue weighted by molar-refractivity contribution is 6.32. The maximum absolute atomic E-state index is 6.10. The summed E-state index contributed by atoms with van der Waals surface area (Å²) in [6.45, 7) is 6.51. The third kappa shape index (κ3) is 3.42. The summed E-state index contributed by atoms with van der Waals surface area (Å²) < 4.78 is 5.81.